The molecule has 1 rings (SSSR count). The van der Waals surface area contributed by atoms with Crippen molar-refractivity contribution in [2.75, 3.05) is 6.61 Å². The maximum atomic E-state index is 12.8. The molecule has 3 nitrogen and oxygen atoms in total. The second-order valence-corrected chi connectivity index (χ2v) is 4.45. The summed E-state index contributed by atoms with van der Waals surface area (Å²) in [4.78, 5) is 11.5. The Morgan fingerprint density at radius 2 is 2.11 bits per heavy atom. The predicted octanol–water partition coefficient (Wildman–Crippen LogP) is 3.36. The molecule has 0 aliphatic carbocycles. The molecule has 0 atom stereocenters. The molecule has 0 bridgehead atoms. The Balaban J connectivity index is 3.54. The number of rotatable bonds is 2. The molecule has 96 valence electrons. The van der Waals surface area contributed by atoms with Gasteiger partial charge < -0.3 is 4.74 Å². The number of halogens is 4. The Bertz CT molecular complexity index is 520. The maximum Gasteiger partial charge on any atom is 0.417 e. The standard InChI is InChI=1S/C11H7F3INO2/c1-2-18-10(17)9-6(5-16)3-7(15)4-8(9)11(12,13)14/h3-4H,2H2,1H3. The fourth-order valence-corrected chi connectivity index (χ4v) is 1.96. The number of carbonyl (C=O) groups excluding carboxylic acids is 1. The van der Waals surface area contributed by atoms with Gasteiger partial charge >= 0.3 is 12.1 Å². The number of nitriles is 1. The average molecular weight is 369 g/mol. The molecule has 0 spiro atoms. The quantitative estimate of drug-likeness (QED) is 0.594. The van der Waals surface area contributed by atoms with Crippen LogP contribution in [0.4, 0.5) is 13.2 Å². The number of hydrogen-bond donors (Lipinski definition) is 0. The van der Waals surface area contributed by atoms with E-state index in [9.17, 15) is 18.0 Å². The molecule has 1 aromatic rings. The zero-order valence-corrected chi connectivity index (χ0v) is 11.3. The van der Waals surface area contributed by atoms with Crippen molar-refractivity contribution in [1.82, 2.24) is 0 Å². The van der Waals surface area contributed by atoms with Crippen LogP contribution >= 0.6 is 22.6 Å². The van der Waals surface area contributed by atoms with Crippen LogP contribution in [0.5, 0.6) is 0 Å². The summed E-state index contributed by atoms with van der Waals surface area (Å²) in [5.74, 6) is -1.14. The van der Waals surface area contributed by atoms with Gasteiger partial charge in [0, 0.05) is 3.57 Å². The fraction of sp³-hybridized carbons (Fsp3) is 0.273. The minimum Gasteiger partial charge on any atom is -0.462 e. The number of hydrogen-bond acceptors (Lipinski definition) is 3. The van der Waals surface area contributed by atoms with Crippen LogP contribution in [0.25, 0.3) is 0 Å². The molecule has 7 heteroatoms. The largest absolute Gasteiger partial charge is 0.462 e. The van der Waals surface area contributed by atoms with Crippen molar-refractivity contribution in [2.45, 2.75) is 13.1 Å². The van der Waals surface area contributed by atoms with Gasteiger partial charge in [-0.25, -0.2) is 4.79 Å². The van der Waals surface area contributed by atoms with Crippen molar-refractivity contribution in [3.05, 3.63) is 32.4 Å². The molecule has 0 aromatic heterocycles. The van der Waals surface area contributed by atoms with Crippen LogP contribution in [0.3, 0.4) is 0 Å². The van der Waals surface area contributed by atoms with E-state index in [-0.39, 0.29) is 15.7 Å². The van der Waals surface area contributed by atoms with E-state index >= 15 is 0 Å². The monoisotopic (exact) mass is 369 g/mol. The summed E-state index contributed by atoms with van der Waals surface area (Å²) < 4.78 is 43.3. The van der Waals surface area contributed by atoms with Crippen LogP contribution in [0, 0.1) is 14.9 Å². The molecule has 0 unspecified atom stereocenters. The van der Waals surface area contributed by atoms with E-state index in [0.29, 0.717) is 0 Å². The van der Waals surface area contributed by atoms with Crippen molar-refractivity contribution in [3.63, 3.8) is 0 Å². The van der Waals surface area contributed by atoms with Crippen LogP contribution in [0.1, 0.15) is 28.4 Å². The molecule has 0 heterocycles. The Morgan fingerprint density at radius 1 is 1.50 bits per heavy atom. The summed E-state index contributed by atoms with van der Waals surface area (Å²) in [5.41, 5.74) is -2.22. The minimum absolute atomic E-state index is 0.0625. The molecule has 0 saturated heterocycles. The van der Waals surface area contributed by atoms with Crippen LogP contribution in [-0.4, -0.2) is 12.6 Å². The molecule has 1 aromatic carbocycles. The third kappa shape index (κ3) is 3.13. The maximum absolute atomic E-state index is 12.8. The molecule has 0 amide bonds. The van der Waals surface area contributed by atoms with Gasteiger partial charge in [0.2, 0.25) is 0 Å². The van der Waals surface area contributed by atoms with E-state index in [1.807, 2.05) is 0 Å². The van der Waals surface area contributed by atoms with E-state index in [4.69, 9.17) is 5.26 Å². The van der Waals surface area contributed by atoms with Gasteiger partial charge in [0.1, 0.15) is 6.07 Å². The fourth-order valence-electron chi connectivity index (χ4n) is 1.34. The van der Waals surface area contributed by atoms with Crippen LogP contribution in [0.15, 0.2) is 12.1 Å². The molecule has 0 aliphatic heterocycles. The van der Waals surface area contributed by atoms with E-state index in [1.165, 1.54) is 13.0 Å². The smallest absolute Gasteiger partial charge is 0.417 e. The first-order chi connectivity index (χ1) is 8.31. The molecule has 0 saturated carbocycles. The first kappa shape index (κ1) is 14.8. The van der Waals surface area contributed by atoms with Gasteiger partial charge in [0.05, 0.1) is 23.3 Å². The molecule has 0 radical (unpaired) electrons. The molecule has 0 aliphatic rings. The van der Waals surface area contributed by atoms with Gasteiger partial charge in [-0.15, -0.1) is 0 Å². The summed E-state index contributed by atoms with van der Waals surface area (Å²) in [6.45, 7) is 1.41. The number of esters is 1. The lowest BCUT2D eigenvalue weighted by Crippen LogP contribution is -2.17. The first-order valence-corrected chi connectivity index (χ1v) is 5.87. The summed E-state index contributed by atoms with van der Waals surface area (Å²) in [7, 11) is 0. The highest BCUT2D eigenvalue weighted by Gasteiger charge is 2.37. The van der Waals surface area contributed by atoms with Gasteiger partial charge in [0.15, 0.2) is 0 Å². The number of carbonyl (C=O) groups is 1. The van der Waals surface area contributed by atoms with Crippen LogP contribution < -0.4 is 0 Å². The van der Waals surface area contributed by atoms with E-state index in [2.05, 4.69) is 4.74 Å². The number of ether oxygens (including phenoxy) is 1. The minimum atomic E-state index is -4.71. The van der Waals surface area contributed by atoms with Crippen molar-refractivity contribution < 1.29 is 22.7 Å². The summed E-state index contributed by atoms with van der Waals surface area (Å²) in [6.07, 6.45) is -4.71. The highest BCUT2D eigenvalue weighted by atomic mass is 127. The van der Waals surface area contributed by atoms with Crippen molar-refractivity contribution in [3.8, 4) is 6.07 Å². The zero-order chi connectivity index (χ0) is 13.9. The normalized spacial score (nSPS) is 10.9. The Morgan fingerprint density at radius 3 is 2.56 bits per heavy atom. The number of alkyl halides is 3. The first-order valence-electron chi connectivity index (χ1n) is 4.79. The number of nitrogens with zero attached hydrogens (tertiary/aromatic N) is 1. The highest BCUT2D eigenvalue weighted by molar-refractivity contribution is 14.1. The van der Waals surface area contributed by atoms with Gasteiger partial charge in [0.25, 0.3) is 0 Å². The summed E-state index contributed by atoms with van der Waals surface area (Å²) in [6, 6.07) is 3.61. The van der Waals surface area contributed by atoms with Crippen LogP contribution in [-0.2, 0) is 10.9 Å². The molecular formula is C11H7F3INO2. The third-order valence-corrected chi connectivity index (χ3v) is 2.63. The lowest BCUT2D eigenvalue weighted by Gasteiger charge is -2.13. The molecule has 0 fully saturated rings. The molecular weight excluding hydrogens is 362 g/mol. The predicted molar refractivity (Wildman–Crippen MR) is 64.8 cm³/mol. The van der Waals surface area contributed by atoms with E-state index in [1.54, 1.807) is 28.7 Å². The van der Waals surface area contributed by atoms with Gasteiger partial charge in [-0.3, -0.25) is 0 Å². The summed E-state index contributed by atoms with van der Waals surface area (Å²) in [5, 5.41) is 8.82. The lowest BCUT2D eigenvalue weighted by atomic mass is 10.0. The van der Waals surface area contributed by atoms with Gasteiger partial charge in [-0.05, 0) is 41.6 Å². The average Bonchev–Trinajstić information content (AvgIpc) is 2.26. The highest BCUT2D eigenvalue weighted by Crippen LogP contribution is 2.35. The van der Waals surface area contributed by atoms with E-state index in [0.717, 1.165) is 6.07 Å². The van der Waals surface area contributed by atoms with Crippen molar-refractivity contribution in [2.24, 2.45) is 0 Å². The Kier molecular flexibility index (Phi) is 4.56. The van der Waals surface area contributed by atoms with Gasteiger partial charge in [-0.2, -0.15) is 18.4 Å². The number of benzene rings is 1. The second kappa shape index (κ2) is 5.56. The Labute approximate surface area is 115 Å². The zero-order valence-electron chi connectivity index (χ0n) is 9.14. The van der Waals surface area contributed by atoms with E-state index < -0.39 is 23.3 Å². The Hall–Kier alpha value is -1.30. The van der Waals surface area contributed by atoms with Crippen molar-refractivity contribution in [1.29, 1.82) is 5.26 Å². The third-order valence-electron chi connectivity index (χ3n) is 2.01. The van der Waals surface area contributed by atoms with Gasteiger partial charge in [-0.1, -0.05) is 0 Å². The SMILES string of the molecule is CCOC(=O)c1c(C#N)cc(I)cc1C(F)(F)F. The van der Waals surface area contributed by atoms with Crippen LogP contribution in [0.2, 0.25) is 0 Å². The molecule has 18 heavy (non-hydrogen) atoms. The summed E-state index contributed by atoms with van der Waals surface area (Å²) >= 11 is 1.65. The second-order valence-electron chi connectivity index (χ2n) is 3.21. The topological polar surface area (TPSA) is 50.1 Å². The van der Waals surface area contributed by atoms with Crippen molar-refractivity contribution >= 4 is 28.6 Å². The lowest BCUT2D eigenvalue weighted by molar-refractivity contribution is -0.138. The molecule has 0 N–H and O–H groups in total.